The molecule has 2 heterocycles. The topological polar surface area (TPSA) is 40.2 Å². The monoisotopic (exact) mass is 318 g/mol. The highest BCUT2D eigenvalue weighted by molar-refractivity contribution is 5.92. The van der Waals surface area contributed by atoms with Crippen molar-refractivity contribution < 1.29 is 9.15 Å². The lowest BCUT2D eigenvalue weighted by Crippen LogP contribution is -2.01. The first-order valence-corrected chi connectivity index (χ1v) is 7.92. The van der Waals surface area contributed by atoms with Gasteiger partial charge in [0.1, 0.15) is 5.69 Å². The van der Waals surface area contributed by atoms with Gasteiger partial charge in [-0.2, -0.15) is 5.10 Å². The van der Waals surface area contributed by atoms with E-state index in [2.05, 4.69) is 24.3 Å². The van der Waals surface area contributed by atoms with Crippen LogP contribution in [0.2, 0.25) is 0 Å². The zero-order valence-corrected chi connectivity index (χ0v) is 13.5. The minimum Gasteiger partial charge on any atom is -0.462 e. The zero-order chi connectivity index (χ0) is 16.4. The summed E-state index contributed by atoms with van der Waals surface area (Å²) >= 11 is 0. The standard InChI is InChI=1S/C20H18N2O2/c1-23-14-16-11-12-24-20(16)19-17-9-5-6-10-18(17)22(21-19)13-15-7-3-2-4-8-15/h2-12H,13-14H2,1H3. The van der Waals surface area contributed by atoms with Crippen molar-refractivity contribution in [3.8, 4) is 11.5 Å². The molecule has 4 heteroatoms. The molecule has 0 saturated carbocycles. The average Bonchev–Trinajstić information content (AvgIpc) is 3.21. The summed E-state index contributed by atoms with van der Waals surface area (Å²) in [5.41, 5.74) is 4.18. The van der Waals surface area contributed by atoms with Gasteiger partial charge in [0.05, 0.1) is 24.9 Å². The van der Waals surface area contributed by atoms with Crippen LogP contribution in [0.25, 0.3) is 22.4 Å². The molecule has 0 unspecified atom stereocenters. The minimum absolute atomic E-state index is 0.506. The summed E-state index contributed by atoms with van der Waals surface area (Å²) in [4.78, 5) is 0. The van der Waals surface area contributed by atoms with Gasteiger partial charge in [0.15, 0.2) is 5.76 Å². The molecule has 4 rings (SSSR count). The molecule has 120 valence electrons. The number of nitrogens with zero attached hydrogens (tertiary/aromatic N) is 2. The number of fused-ring (bicyclic) bond motifs is 1. The van der Waals surface area contributed by atoms with Crippen molar-refractivity contribution in [1.82, 2.24) is 9.78 Å². The Kier molecular flexibility index (Phi) is 3.89. The van der Waals surface area contributed by atoms with Crippen LogP contribution < -0.4 is 0 Å². The first-order chi connectivity index (χ1) is 11.9. The van der Waals surface area contributed by atoms with Gasteiger partial charge in [0.2, 0.25) is 0 Å². The summed E-state index contributed by atoms with van der Waals surface area (Å²) in [6.45, 7) is 1.23. The summed E-state index contributed by atoms with van der Waals surface area (Å²) in [6, 6.07) is 20.5. The van der Waals surface area contributed by atoms with E-state index in [4.69, 9.17) is 14.3 Å². The van der Waals surface area contributed by atoms with E-state index >= 15 is 0 Å². The lowest BCUT2D eigenvalue weighted by molar-refractivity contribution is 0.185. The third kappa shape index (κ3) is 2.61. The third-order valence-corrected chi connectivity index (χ3v) is 4.09. The molecule has 0 atom stereocenters. The number of hydrogen-bond acceptors (Lipinski definition) is 3. The Labute approximate surface area is 140 Å². The number of ether oxygens (including phenoxy) is 1. The number of rotatable bonds is 5. The van der Waals surface area contributed by atoms with Gasteiger partial charge in [0, 0.05) is 18.1 Å². The first kappa shape index (κ1) is 14.7. The average molecular weight is 318 g/mol. The normalized spacial score (nSPS) is 11.2. The molecule has 0 aliphatic heterocycles. The molecule has 0 saturated heterocycles. The van der Waals surface area contributed by atoms with E-state index in [1.165, 1.54) is 5.56 Å². The summed E-state index contributed by atoms with van der Waals surface area (Å²) in [7, 11) is 1.68. The number of furan rings is 1. The lowest BCUT2D eigenvalue weighted by Gasteiger charge is -2.03. The van der Waals surface area contributed by atoms with Crippen molar-refractivity contribution in [2.24, 2.45) is 0 Å². The molecule has 0 amide bonds. The molecular formula is C20H18N2O2. The fraction of sp³-hybridized carbons (Fsp3) is 0.150. The van der Waals surface area contributed by atoms with Crippen molar-refractivity contribution >= 4 is 10.9 Å². The van der Waals surface area contributed by atoms with Gasteiger partial charge in [-0.3, -0.25) is 4.68 Å². The fourth-order valence-electron chi connectivity index (χ4n) is 2.98. The first-order valence-electron chi connectivity index (χ1n) is 7.92. The number of hydrogen-bond donors (Lipinski definition) is 0. The molecule has 0 radical (unpaired) electrons. The van der Waals surface area contributed by atoms with Gasteiger partial charge < -0.3 is 9.15 Å². The summed E-state index contributed by atoms with van der Waals surface area (Å²) in [6.07, 6.45) is 1.69. The summed E-state index contributed by atoms with van der Waals surface area (Å²) in [5, 5.41) is 5.92. The molecule has 0 aliphatic carbocycles. The molecule has 0 aliphatic rings. The second-order valence-electron chi connectivity index (χ2n) is 5.72. The van der Waals surface area contributed by atoms with Crippen molar-refractivity contribution in [2.75, 3.05) is 7.11 Å². The highest BCUT2D eigenvalue weighted by Gasteiger charge is 2.17. The van der Waals surface area contributed by atoms with Crippen LogP contribution in [0.1, 0.15) is 11.1 Å². The Hall–Kier alpha value is -2.85. The van der Waals surface area contributed by atoms with Crippen molar-refractivity contribution in [3.63, 3.8) is 0 Å². The second-order valence-corrected chi connectivity index (χ2v) is 5.72. The van der Waals surface area contributed by atoms with E-state index in [0.717, 1.165) is 34.5 Å². The Morgan fingerprint density at radius 3 is 2.62 bits per heavy atom. The van der Waals surface area contributed by atoms with Crippen LogP contribution >= 0.6 is 0 Å². The van der Waals surface area contributed by atoms with Crippen LogP contribution in [-0.4, -0.2) is 16.9 Å². The maximum absolute atomic E-state index is 5.72. The fourth-order valence-corrected chi connectivity index (χ4v) is 2.98. The van der Waals surface area contributed by atoms with Crippen molar-refractivity contribution in [3.05, 3.63) is 78.1 Å². The highest BCUT2D eigenvalue weighted by Crippen LogP contribution is 2.31. The van der Waals surface area contributed by atoms with Crippen LogP contribution in [0.4, 0.5) is 0 Å². The van der Waals surface area contributed by atoms with Gasteiger partial charge in [-0.25, -0.2) is 0 Å². The van der Waals surface area contributed by atoms with Gasteiger partial charge in [-0.1, -0.05) is 48.5 Å². The number of aromatic nitrogens is 2. The minimum atomic E-state index is 0.506. The van der Waals surface area contributed by atoms with E-state index in [1.807, 2.05) is 41.1 Å². The van der Waals surface area contributed by atoms with Crippen LogP contribution in [0.3, 0.4) is 0 Å². The van der Waals surface area contributed by atoms with Gasteiger partial charge in [-0.15, -0.1) is 0 Å². The predicted octanol–water partition coefficient (Wildman–Crippen LogP) is 4.49. The molecule has 2 aromatic heterocycles. The number of para-hydroxylation sites is 1. The maximum atomic E-state index is 5.72. The van der Waals surface area contributed by atoms with Crippen molar-refractivity contribution in [1.29, 1.82) is 0 Å². The molecule has 4 nitrogen and oxygen atoms in total. The SMILES string of the molecule is COCc1ccoc1-c1nn(Cc2ccccc2)c2ccccc12. The zero-order valence-electron chi connectivity index (χ0n) is 13.5. The molecule has 0 fully saturated rings. The second kappa shape index (κ2) is 6.34. The Balaban J connectivity index is 1.83. The third-order valence-electron chi connectivity index (χ3n) is 4.09. The Bertz CT molecular complexity index is 954. The van der Waals surface area contributed by atoms with Crippen molar-refractivity contribution in [2.45, 2.75) is 13.2 Å². The summed E-state index contributed by atoms with van der Waals surface area (Å²) in [5.74, 6) is 0.778. The van der Waals surface area contributed by atoms with Gasteiger partial charge in [-0.05, 0) is 17.7 Å². The van der Waals surface area contributed by atoms with E-state index in [9.17, 15) is 0 Å². The molecule has 0 bridgehead atoms. The molecule has 4 aromatic rings. The lowest BCUT2D eigenvalue weighted by atomic mass is 10.1. The largest absolute Gasteiger partial charge is 0.462 e. The van der Waals surface area contributed by atoms with Crippen LogP contribution in [0.5, 0.6) is 0 Å². The van der Waals surface area contributed by atoms with E-state index in [0.29, 0.717) is 6.61 Å². The predicted molar refractivity (Wildman–Crippen MR) is 93.7 cm³/mol. The Morgan fingerprint density at radius 1 is 1.00 bits per heavy atom. The molecule has 2 aromatic carbocycles. The summed E-state index contributed by atoms with van der Waals surface area (Å²) < 4.78 is 13.0. The molecular weight excluding hydrogens is 300 g/mol. The number of methoxy groups -OCH3 is 1. The quantitative estimate of drug-likeness (QED) is 0.544. The van der Waals surface area contributed by atoms with Crippen LogP contribution in [-0.2, 0) is 17.9 Å². The molecule has 0 N–H and O–H groups in total. The van der Waals surface area contributed by atoms with E-state index in [-0.39, 0.29) is 0 Å². The van der Waals surface area contributed by atoms with E-state index < -0.39 is 0 Å². The van der Waals surface area contributed by atoms with E-state index in [1.54, 1.807) is 13.4 Å². The van der Waals surface area contributed by atoms with Gasteiger partial charge in [0.25, 0.3) is 0 Å². The maximum Gasteiger partial charge on any atom is 0.160 e. The molecule has 24 heavy (non-hydrogen) atoms. The van der Waals surface area contributed by atoms with Crippen LogP contribution in [0, 0.1) is 0 Å². The van der Waals surface area contributed by atoms with Crippen LogP contribution in [0.15, 0.2) is 71.3 Å². The highest BCUT2D eigenvalue weighted by atomic mass is 16.5. The Morgan fingerprint density at radius 2 is 1.79 bits per heavy atom. The number of benzene rings is 2. The molecule has 0 spiro atoms. The van der Waals surface area contributed by atoms with Gasteiger partial charge >= 0.3 is 0 Å². The smallest absolute Gasteiger partial charge is 0.160 e.